The number of hydrogen-bond acceptors (Lipinski definition) is 5. The number of hydrogen-bond donors (Lipinski definition) is 0. The molecule has 0 N–H and O–H groups in total. The number of aromatic nitrogens is 6. The van der Waals surface area contributed by atoms with Gasteiger partial charge in [0.2, 0.25) is 0 Å². The zero-order chi connectivity index (χ0) is 15.1. The molecule has 0 saturated heterocycles. The largest absolute Gasteiger partial charge is 0.332 e. The van der Waals surface area contributed by atoms with Gasteiger partial charge in [0.25, 0.3) is 5.89 Å². The van der Waals surface area contributed by atoms with E-state index in [4.69, 9.17) is 4.52 Å². The van der Waals surface area contributed by atoms with Crippen LogP contribution in [0.15, 0.2) is 41.4 Å². The van der Waals surface area contributed by atoms with Crippen LogP contribution in [0, 0.1) is 6.92 Å². The van der Waals surface area contributed by atoms with E-state index in [1.807, 2.05) is 28.7 Å². The van der Waals surface area contributed by atoms with Gasteiger partial charge in [-0.05, 0) is 18.6 Å². The maximum Gasteiger partial charge on any atom is 0.278 e. The second kappa shape index (κ2) is 4.80. The van der Waals surface area contributed by atoms with Crippen molar-refractivity contribution < 1.29 is 4.52 Å². The molecule has 0 aliphatic rings. The lowest BCUT2D eigenvalue weighted by Gasteiger charge is -2.03. The molecule has 4 rings (SSSR count). The van der Waals surface area contributed by atoms with Gasteiger partial charge in [-0.2, -0.15) is 10.1 Å². The quantitative estimate of drug-likeness (QED) is 0.579. The Bertz CT molecular complexity index is 948. The Morgan fingerprint density at radius 2 is 2.18 bits per heavy atom. The van der Waals surface area contributed by atoms with E-state index in [-0.39, 0.29) is 0 Å². The minimum atomic E-state index is 0.443. The zero-order valence-electron chi connectivity index (χ0n) is 12.3. The van der Waals surface area contributed by atoms with Crippen molar-refractivity contribution in [2.24, 2.45) is 7.05 Å². The maximum absolute atomic E-state index is 5.13. The van der Waals surface area contributed by atoms with Crippen molar-refractivity contribution in [3.63, 3.8) is 0 Å². The van der Waals surface area contributed by atoms with Crippen molar-refractivity contribution in [3.05, 3.63) is 48.3 Å². The van der Waals surface area contributed by atoms with Crippen LogP contribution < -0.4 is 0 Å². The minimum absolute atomic E-state index is 0.443. The molecule has 0 unspecified atom stereocenters. The number of nitrogens with zero attached hydrogens (tertiary/aromatic N) is 6. The van der Waals surface area contributed by atoms with Crippen LogP contribution in [-0.4, -0.2) is 29.5 Å². The predicted molar refractivity (Wildman–Crippen MR) is 80.1 cm³/mol. The first-order valence-corrected chi connectivity index (χ1v) is 6.92. The molecule has 1 aromatic carbocycles. The van der Waals surface area contributed by atoms with Crippen molar-refractivity contribution in [2.45, 2.75) is 13.5 Å². The molecule has 110 valence electrons. The SMILES string of the molecule is Cc1noc(-c2cn(Cc3ccc4cnn(C)c4c3)cn2)n1. The summed E-state index contributed by atoms with van der Waals surface area (Å²) in [5, 5.41) is 9.18. The van der Waals surface area contributed by atoms with Crippen LogP contribution >= 0.6 is 0 Å². The van der Waals surface area contributed by atoms with E-state index < -0.39 is 0 Å². The standard InChI is InChI=1S/C15H14N6O/c1-10-18-15(22-19-10)13-8-21(9-16-13)7-11-3-4-12-6-17-20(2)14(12)5-11/h3-6,8-9H,7H2,1-2H3. The van der Waals surface area contributed by atoms with Gasteiger partial charge in [-0.15, -0.1) is 0 Å². The fraction of sp³-hybridized carbons (Fsp3) is 0.200. The van der Waals surface area contributed by atoms with Crippen LogP contribution in [0.3, 0.4) is 0 Å². The predicted octanol–water partition coefficient (Wildman–Crippen LogP) is 2.18. The van der Waals surface area contributed by atoms with Crippen molar-refractivity contribution in [1.82, 2.24) is 29.5 Å². The normalized spacial score (nSPS) is 11.4. The first kappa shape index (κ1) is 12.8. The number of aryl methyl sites for hydroxylation is 2. The van der Waals surface area contributed by atoms with Gasteiger partial charge in [-0.1, -0.05) is 17.3 Å². The Hall–Kier alpha value is -2.96. The number of fused-ring (bicyclic) bond motifs is 1. The first-order valence-electron chi connectivity index (χ1n) is 6.92. The molecular formula is C15H14N6O. The molecular weight excluding hydrogens is 280 g/mol. The van der Waals surface area contributed by atoms with Crippen LogP contribution in [0.5, 0.6) is 0 Å². The molecule has 0 radical (unpaired) electrons. The third-order valence-electron chi connectivity index (χ3n) is 3.56. The van der Waals surface area contributed by atoms with Crippen LogP contribution in [0.4, 0.5) is 0 Å². The molecule has 3 heterocycles. The van der Waals surface area contributed by atoms with Crippen LogP contribution in [0.1, 0.15) is 11.4 Å². The molecule has 0 spiro atoms. The topological polar surface area (TPSA) is 74.6 Å². The summed E-state index contributed by atoms with van der Waals surface area (Å²) in [5.74, 6) is 1.05. The van der Waals surface area contributed by atoms with Crippen LogP contribution in [0.2, 0.25) is 0 Å². The lowest BCUT2D eigenvalue weighted by molar-refractivity contribution is 0.424. The van der Waals surface area contributed by atoms with Gasteiger partial charge < -0.3 is 9.09 Å². The highest BCUT2D eigenvalue weighted by Gasteiger charge is 2.10. The molecule has 0 bridgehead atoms. The summed E-state index contributed by atoms with van der Waals surface area (Å²) in [5.41, 5.74) is 2.98. The van der Waals surface area contributed by atoms with E-state index in [1.165, 1.54) is 5.56 Å². The molecule has 0 atom stereocenters. The summed E-state index contributed by atoms with van der Waals surface area (Å²) in [6.07, 6.45) is 5.54. The number of imidazole rings is 1. The molecule has 0 aliphatic heterocycles. The average Bonchev–Trinajstić information content (AvgIpc) is 3.21. The van der Waals surface area contributed by atoms with Gasteiger partial charge in [-0.3, -0.25) is 4.68 Å². The van der Waals surface area contributed by atoms with Crippen molar-refractivity contribution in [3.8, 4) is 11.6 Å². The zero-order valence-corrected chi connectivity index (χ0v) is 12.3. The van der Waals surface area contributed by atoms with Crippen molar-refractivity contribution >= 4 is 10.9 Å². The first-order chi connectivity index (χ1) is 10.7. The molecule has 7 nitrogen and oxygen atoms in total. The smallest absolute Gasteiger partial charge is 0.278 e. The molecule has 0 saturated carbocycles. The van der Waals surface area contributed by atoms with Crippen molar-refractivity contribution in [2.75, 3.05) is 0 Å². The highest BCUT2D eigenvalue weighted by molar-refractivity contribution is 5.79. The minimum Gasteiger partial charge on any atom is -0.332 e. The monoisotopic (exact) mass is 294 g/mol. The van der Waals surface area contributed by atoms with Crippen LogP contribution in [0.25, 0.3) is 22.5 Å². The van der Waals surface area contributed by atoms with E-state index in [9.17, 15) is 0 Å². The fourth-order valence-electron chi connectivity index (χ4n) is 2.46. The summed E-state index contributed by atoms with van der Waals surface area (Å²) < 4.78 is 9.00. The Labute approximate surface area is 126 Å². The van der Waals surface area contributed by atoms with E-state index in [0.29, 0.717) is 17.4 Å². The summed E-state index contributed by atoms with van der Waals surface area (Å²) >= 11 is 0. The number of rotatable bonds is 3. The maximum atomic E-state index is 5.13. The van der Waals surface area contributed by atoms with Gasteiger partial charge in [0, 0.05) is 25.2 Å². The summed E-state index contributed by atoms with van der Waals surface area (Å²) in [4.78, 5) is 8.50. The Morgan fingerprint density at radius 1 is 1.27 bits per heavy atom. The van der Waals surface area contributed by atoms with Gasteiger partial charge in [0.05, 0.1) is 18.0 Å². The number of benzene rings is 1. The van der Waals surface area contributed by atoms with Crippen LogP contribution in [-0.2, 0) is 13.6 Å². The third-order valence-corrected chi connectivity index (χ3v) is 3.56. The summed E-state index contributed by atoms with van der Waals surface area (Å²) in [7, 11) is 1.94. The van der Waals surface area contributed by atoms with Gasteiger partial charge in [0.1, 0.15) is 5.69 Å². The lowest BCUT2D eigenvalue weighted by atomic mass is 10.1. The van der Waals surface area contributed by atoms with Gasteiger partial charge in [-0.25, -0.2) is 4.98 Å². The molecule has 0 fully saturated rings. The van der Waals surface area contributed by atoms with Gasteiger partial charge >= 0.3 is 0 Å². The fourth-order valence-corrected chi connectivity index (χ4v) is 2.46. The molecule has 22 heavy (non-hydrogen) atoms. The summed E-state index contributed by atoms with van der Waals surface area (Å²) in [6.45, 7) is 2.51. The second-order valence-electron chi connectivity index (χ2n) is 5.24. The highest BCUT2D eigenvalue weighted by atomic mass is 16.5. The van der Waals surface area contributed by atoms with Crippen molar-refractivity contribution in [1.29, 1.82) is 0 Å². The average molecular weight is 294 g/mol. The molecule has 4 aromatic rings. The molecule has 0 amide bonds. The Balaban J connectivity index is 1.62. The Kier molecular flexibility index (Phi) is 2.78. The second-order valence-corrected chi connectivity index (χ2v) is 5.24. The lowest BCUT2D eigenvalue weighted by Crippen LogP contribution is -1.97. The highest BCUT2D eigenvalue weighted by Crippen LogP contribution is 2.18. The van der Waals surface area contributed by atoms with Gasteiger partial charge in [0.15, 0.2) is 5.82 Å². The van der Waals surface area contributed by atoms with E-state index in [1.54, 1.807) is 13.3 Å². The van der Waals surface area contributed by atoms with E-state index in [2.05, 4.69) is 38.4 Å². The Morgan fingerprint density at radius 3 is 3.00 bits per heavy atom. The molecule has 3 aromatic heterocycles. The van der Waals surface area contributed by atoms with E-state index >= 15 is 0 Å². The third kappa shape index (κ3) is 2.16. The van der Waals surface area contributed by atoms with E-state index in [0.717, 1.165) is 17.4 Å². The molecule has 0 aliphatic carbocycles. The molecule has 7 heteroatoms. The summed E-state index contributed by atoms with van der Waals surface area (Å²) in [6, 6.07) is 6.32.